The van der Waals surface area contributed by atoms with Crippen molar-refractivity contribution in [3.05, 3.63) is 33.8 Å². The minimum Gasteiger partial charge on any atom is -0.399 e. The van der Waals surface area contributed by atoms with Gasteiger partial charge in [-0.2, -0.15) is 0 Å². The fourth-order valence-electron chi connectivity index (χ4n) is 4.60. The highest BCUT2D eigenvalue weighted by Crippen LogP contribution is 2.51. The summed E-state index contributed by atoms with van der Waals surface area (Å²) in [7, 11) is 1.64. The molecule has 3 saturated heterocycles. The second-order valence-electron chi connectivity index (χ2n) is 6.28. The smallest absolute Gasteiger partial charge is 0.106 e. The van der Waals surface area contributed by atoms with Gasteiger partial charge in [0.05, 0.1) is 15.8 Å². The molecule has 4 rings (SSSR count). The SMILES string of the molecule is CON=C1CN2C3CC[C@@H]2[C@H]1[C@@H](c1ccc(Cl)c(Cl)c1)C3. The molecule has 3 aliphatic heterocycles. The molecule has 2 unspecified atom stereocenters. The average Bonchev–Trinajstić information content (AvgIpc) is 2.88. The van der Waals surface area contributed by atoms with E-state index >= 15 is 0 Å². The molecule has 112 valence electrons. The molecular formula is C16H18Cl2N2O. The topological polar surface area (TPSA) is 24.8 Å². The zero-order valence-corrected chi connectivity index (χ0v) is 13.4. The van der Waals surface area contributed by atoms with Gasteiger partial charge in [0.25, 0.3) is 0 Å². The predicted molar refractivity (Wildman–Crippen MR) is 85.3 cm³/mol. The van der Waals surface area contributed by atoms with Crippen molar-refractivity contribution in [2.75, 3.05) is 13.7 Å². The van der Waals surface area contributed by atoms with Crippen LogP contribution in [0.5, 0.6) is 0 Å². The summed E-state index contributed by atoms with van der Waals surface area (Å²) < 4.78 is 0. The van der Waals surface area contributed by atoms with Crippen molar-refractivity contribution in [3.63, 3.8) is 0 Å². The van der Waals surface area contributed by atoms with E-state index in [1.807, 2.05) is 12.1 Å². The Hall–Kier alpha value is -0.770. The molecular weight excluding hydrogens is 307 g/mol. The lowest BCUT2D eigenvalue weighted by Gasteiger charge is -2.36. The molecule has 5 atom stereocenters. The Kier molecular flexibility index (Phi) is 3.40. The van der Waals surface area contributed by atoms with Gasteiger partial charge in [-0.05, 0) is 42.9 Å². The van der Waals surface area contributed by atoms with Crippen LogP contribution >= 0.6 is 23.2 Å². The lowest BCUT2D eigenvalue weighted by atomic mass is 9.77. The number of nitrogens with zero attached hydrogens (tertiary/aromatic N) is 2. The monoisotopic (exact) mass is 324 g/mol. The maximum atomic E-state index is 6.22. The minimum absolute atomic E-state index is 0.459. The molecule has 1 aromatic rings. The first-order chi connectivity index (χ1) is 10.2. The number of piperidine rings is 1. The Balaban J connectivity index is 1.74. The van der Waals surface area contributed by atoms with Gasteiger partial charge < -0.3 is 4.84 Å². The quantitative estimate of drug-likeness (QED) is 0.769. The first-order valence-electron chi connectivity index (χ1n) is 7.49. The van der Waals surface area contributed by atoms with Crippen LogP contribution in [-0.2, 0) is 4.84 Å². The average molecular weight is 325 g/mol. The molecule has 21 heavy (non-hydrogen) atoms. The van der Waals surface area contributed by atoms with Gasteiger partial charge in [-0.3, -0.25) is 4.90 Å². The Morgan fingerprint density at radius 3 is 2.86 bits per heavy atom. The fraction of sp³-hybridized carbons (Fsp3) is 0.562. The Morgan fingerprint density at radius 2 is 2.10 bits per heavy atom. The second kappa shape index (κ2) is 5.15. The van der Waals surface area contributed by atoms with E-state index in [0.717, 1.165) is 6.54 Å². The molecule has 0 aromatic heterocycles. The van der Waals surface area contributed by atoms with E-state index in [4.69, 9.17) is 28.0 Å². The zero-order chi connectivity index (χ0) is 14.6. The largest absolute Gasteiger partial charge is 0.399 e. The van der Waals surface area contributed by atoms with Crippen LogP contribution in [-0.4, -0.2) is 36.3 Å². The third kappa shape index (κ3) is 2.09. The Bertz CT molecular complexity index is 604. The predicted octanol–water partition coefficient (Wildman–Crippen LogP) is 3.95. The van der Waals surface area contributed by atoms with E-state index < -0.39 is 0 Å². The van der Waals surface area contributed by atoms with E-state index in [1.54, 1.807) is 7.11 Å². The molecule has 0 amide bonds. The van der Waals surface area contributed by atoms with Crippen LogP contribution in [0, 0.1) is 5.92 Å². The normalized spacial score (nSPS) is 39.0. The van der Waals surface area contributed by atoms with E-state index in [1.165, 1.54) is 30.5 Å². The van der Waals surface area contributed by atoms with Gasteiger partial charge in [0.1, 0.15) is 7.11 Å². The summed E-state index contributed by atoms with van der Waals surface area (Å²) in [5.74, 6) is 0.936. The summed E-state index contributed by atoms with van der Waals surface area (Å²) in [6.45, 7) is 0.964. The highest BCUT2D eigenvalue weighted by atomic mass is 35.5. The molecule has 4 bridgehead atoms. The lowest BCUT2D eigenvalue weighted by molar-refractivity contribution is 0.154. The van der Waals surface area contributed by atoms with Crippen molar-refractivity contribution >= 4 is 28.9 Å². The van der Waals surface area contributed by atoms with Gasteiger partial charge >= 0.3 is 0 Å². The highest BCUT2D eigenvalue weighted by Gasteiger charge is 2.54. The highest BCUT2D eigenvalue weighted by molar-refractivity contribution is 6.42. The summed E-state index contributed by atoms with van der Waals surface area (Å²) in [5.41, 5.74) is 2.48. The summed E-state index contributed by atoms with van der Waals surface area (Å²) in [6.07, 6.45) is 3.76. The van der Waals surface area contributed by atoms with Crippen LogP contribution in [0.3, 0.4) is 0 Å². The third-order valence-corrected chi connectivity index (χ3v) is 6.11. The Labute approximate surface area is 134 Å². The van der Waals surface area contributed by atoms with Crippen molar-refractivity contribution in [2.45, 2.75) is 37.3 Å². The molecule has 0 N–H and O–H groups in total. The zero-order valence-electron chi connectivity index (χ0n) is 11.9. The number of hydrogen-bond donors (Lipinski definition) is 0. The molecule has 0 radical (unpaired) electrons. The lowest BCUT2D eigenvalue weighted by Crippen LogP contribution is -2.40. The third-order valence-electron chi connectivity index (χ3n) is 5.37. The first-order valence-corrected chi connectivity index (χ1v) is 8.25. The molecule has 1 aromatic carbocycles. The summed E-state index contributed by atoms with van der Waals surface area (Å²) in [4.78, 5) is 7.70. The van der Waals surface area contributed by atoms with E-state index in [2.05, 4.69) is 16.1 Å². The van der Waals surface area contributed by atoms with Crippen molar-refractivity contribution in [1.82, 2.24) is 4.90 Å². The van der Waals surface area contributed by atoms with Crippen molar-refractivity contribution < 1.29 is 4.84 Å². The van der Waals surface area contributed by atoms with Crippen LogP contribution in [0.25, 0.3) is 0 Å². The van der Waals surface area contributed by atoms with Crippen molar-refractivity contribution in [1.29, 1.82) is 0 Å². The van der Waals surface area contributed by atoms with Gasteiger partial charge in [0.2, 0.25) is 0 Å². The van der Waals surface area contributed by atoms with Gasteiger partial charge in [0.15, 0.2) is 0 Å². The van der Waals surface area contributed by atoms with E-state index in [-0.39, 0.29) is 0 Å². The van der Waals surface area contributed by atoms with Crippen LogP contribution in [0.4, 0.5) is 0 Å². The number of benzene rings is 1. The molecule has 0 aliphatic carbocycles. The number of oxime groups is 1. The van der Waals surface area contributed by atoms with Crippen molar-refractivity contribution in [2.24, 2.45) is 11.1 Å². The summed E-state index contributed by atoms with van der Waals surface area (Å²) >= 11 is 12.3. The molecule has 3 heterocycles. The summed E-state index contributed by atoms with van der Waals surface area (Å²) in [5, 5.41) is 5.59. The first kappa shape index (κ1) is 13.9. The van der Waals surface area contributed by atoms with E-state index in [9.17, 15) is 0 Å². The molecule has 3 nitrogen and oxygen atoms in total. The number of halogens is 2. The van der Waals surface area contributed by atoms with Crippen molar-refractivity contribution in [3.8, 4) is 0 Å². The van der Waals surface area contributed by atoms with Crippen LogP contribution in [0.1, 0.15) is 30.7 Å². The molecule has 0 spiro atoms. The standard InChI is InChI=1S/C16H18Cl2N2O/c1-21-19-14-8-20-10-3-5-15(20)16(14)11(7-10)9-2-4-12(17)13(18)6-9/h2,4,6,10-11,15-16H,3,5,7-8H2,1H3/t10?,11-,15-,16+/m1/s1. The van der Waals surface area contributed by atoms with Gasteiger partial charge in [-0.25, -0.2) is 0 Å². The summed E-state index contributed by atoms with van der Waals surface area (Å²) in [6, 6.07) is 7.37. The maximum Gasteiger partial charge on any atom is 0.106 e. The number of hydrogen-bond acceptors (Lipinski definition) is 3. The molecule has 3 aliphatic rings. The second-order valence-corrected chi connectivity index (χ2v) is 7.09. The molecule has 0 saturated carbocycles. The van der Waals surface area contributed by atoms with Gasteiger partial charge in [-0.1, -0.05) is 34.4 Å². The molecule has 3 fully saturated rings. The fourth-order valence-corrected chi connectivity index (χ4v) is 4.91. The van der Waals surface area contributed by atoms with Gasteiger partial charge in [0, 0.05) is 24.5 Å². The Morgan fingerprint density at radius 1 is 1.24 bits per heavy atom. The molecule has 5 heteroatoms. The minimum atomic E-state index is 0.459. The van der Waals surface area contributed by atoms with Gasteiger partial charge in [-0.15, -0.1) is 0 Å². The van der Waals surface area contributed by atoms with Crippen LogP contribution < -0.4 is 0 Å². The van der Waals surface area contributed by atoms with E-state index in [0.29, 0.717) is 34.0 Å². The number of rotatable bonds is 2. The van der Waals surface area contributed by atoms with Crippen LogP contribution in [0.2, 0.25) is 10.0 Å². The van der Waals surface area contributed by atoms with Crippen LogP contribution in [0.15, 0.2) is 23.4 Å². The maximum absolute atomic E-state index is 6.22.